The predicted octanol–water partition coefficient (Wildman–Crippen LogP) is 11.1. The van der Waals surface area contributed by atoms with Crippen LogP contribution in [0.5, 0.6) is 0 Å². The molecule has 0 radical (unpaired) electrons. The molecule has 0 N–H and O–H groups in total. The van der Waals surface area contributed by atoms with Crippen molar-refractivity contribution in [2.45, 2.75) is 13.2 Å². The zero-order valence-corrected chi connectivity index (χ0v) is 23.6. The van der Waals surface area contributed by atoms with Crippen molar-refractivity contribution in [2.24, 2.45) is 0 Å². The number of benzene rings is 7. The topological polar surface area (TPSA) is 31.0 Å². The third-order valence-corrected chi connectivity index (χ3v) is 8.67. The lowest BCUT2D eigenvalue weighted by atomic mass is 9.85. The zero-order chi connectivity index (χ0) is 33.5. The maximum atomic E-state index is 8.69. The molecule has 0 aliphatic heterocycles. The molecule has 208 valence electrons. The Morgan fingerprint density at radius 2 is 1.27 bits per heavy atom. The van der Waals surface area contributed by atoms with Crippen molar-refractivity contribution >= 4 is 54.5 Å². The van der Waals surface area contributed by atoms with Crippen LogP contribution in [0.15, 0.2) is 144 Å². The molecule has 0 spiro atoms. The lowest BCUT2D eigenvalue weighted by molar-refractivity contribution is 0.669. The maximum Gasteiger partial charge on any atom is 0.136 e. The molecular weight excluding hydrogens is 536 g/mol. The van der Waals surface area contributed by atoms with Crippen LogP contribution in [0, 0.1) is 0 Å². The summed E-state index contributed by atoms with van der Waals surface area (Å²) < 4.78 is 49.4. The van der Waals surface area contributed by atoms with E-state index in [-0.39, 0.29) is 5.82 Å². The van der Waals surface area contributed by atoms with Gasteiger partial charge in [0, 0.05) is 29.7 Å². The molecule has 0 amide bonds. The van der Waals surface area contributed by atoms with Gasteiger partial charge < -0.3 is 4.42 Å². The number of aromatic nitrogens is 2. The van der Waals surface area contributed by atoms with E-state index in [0.29, 0.717) is 16.7 Å². The van der Waals surface area contributed by atoms with Crippen molar-refractivity contribution in [1.29, 1.82) is 0 Å². The van der Waals surface area contributed by atoms with Crippen molar-refractivity contribution in [1.82, 2.24) is 9.55 Å². The first-order chi connectivity index (χ1) is 23.7. The normalized spacial score (nSPS) is 14.1. The van der Waals surface area contributed by atoms with Gasteiger partial charge >= 0.3 is 0 Å². The van der Waals surface area contributed by atoms with Crippen LogP contribution in [0.3, 0.4) is 0 Å². The van der Waals surface area contributed by atoms with E-state index in [0.717, 1.165) is 65.7 Å². The average molecular weight is 570 g/mol. The van der Waals surface area contributed by atoms with Crippen molar-refractivity contribution in [3.8, 4) is 27.9 Å². The predicted molar refractivity (Wildman–Crippen MR) is 184 cm³/mol. The van der Waals surface area contributed by atoms with E-state index in [2.05, 4.69) is 71.7 Å². The number of fused-ring (bicyclic) bond motifs is 6. The second-order valence-electron chi connectivity index (χ2n) is 11.1. The van der Waals surface area contributed by atoms with E-state index in [1.54, 1.807) is 10.6 Å². The first kappa shape index (κ1) is 20.3. The first-order valence-electron chi connectivity index (χ1n) is 17.2. The van der Waals surface area contributed by atoms with Gasteiger partial charge in [-0.25, -0.2) is 4.98 Å². The lowest BCUT2D eigenvalue weighted by Crippen LogP contribution is -2.00. The summed E-state index contributed by atoms with van der Waals surface area (Å²) in [6.45, 7) is -2.92. The molecule has 0 saturated heterocycles. The van der Waals surface area contributed by atoms with Gasteiger partial charge in [0.15, 0.2) is 0 Å². The van der Waals surface area contributed by atoms with E-state index in [1.165, 1.54) is 0 Å². The molecule has 0 fully saturated rings. The van der Waals surface area contributed by atoms with E-state index < -0.39 is 13.2 Å². The van der Waals surface area contributed by atoms with E-state index >= 15 is 0 Å². The zero-order valence-electron chi connectivity index (χ0n) is 28.6. The molecule has 2 heterocycles. The van der Waals surface area contributed by atoms with Crippen LogP contribution >= 0.6 is 0 Å². The third-order valence-electron chi connectivity index (χ3n) is 8.67. The highest BCUT2D eigenvalue weighted by atomic mass is 16.3. The molecule has 3 heteroatoms. The number of furan rings is 1. The van der Waals surface area contributed by atoms with Gasteiger partial charge in [0.25, 0.3) is 0 Å². The fourth-order valence-corrected chi connectivity index (χ4v) is 6.88. The van der Waals surface area contributed by atoms with Crippen molar-refractivity contribution in [3.63, 3.8) is 0 Å². The highest BCUT2D eigenvalue weighted by Gasteiger charge is 2.20. The van der Waals surface area contributed by atoms with Gasteiger partial charge in [0.1, 0.15) is 17.0 Å². The molecule has 0 aliphatic rings. The minimum atomic E-state index is -2.92. The summed E-state index contributed by atoms with van der Waals surface area (Å²) in [5.74, 6) is -0.156. The average Bonchev–Trinajstić information content (AvgIpc) is 3.70. The molecule has 0 aliphatic carbocycles. The molecule has 0 saturated carbocycles. The minimum absolute atomic E-state index is 0.156. The van der Waals surface area contributed by atoms with Crippen LogP contribution in [0.25, 0.3) is 82.5 Å². The van der Waals surface area contributed by atoms with Gasteiger partial charge in [-0.3, -0.25) is 4.57 Å². The summed E-state index contributed by atoms with van der Waals surface area (Å²) in [7, 11) is 0. The first-order valence-corrected chi connectivity index (χ1v) is 14.7. The highest BCUT2D eigenvalue weighted by molar-refractivity contribution is 6.25. The summed E-state index contributed by atoms with van der Waals surface area (Å²) in [4.78, 5) is 4.54. The van der Waals surface area contributed by atoms with Crippen LogP contribution < -0.4 is 0 Å². The quantitative estimate of drug-likeness (QED) is 0.197. The molecular formula is C41H28N2O. The third kappa shape index (κ3) is 3.59. The Morgan fingerprint density at radius 1 is 0.636 bits per heavy atom. The summed E-state index contributed by atoms with van der Waals surface area (Å²) >= 11 is 0. The summed E-state index contributed by atoms with van der Waals surface area (Å²) in [5.41, 5.74) is 7.64. The Balaban J connectivity index is 1.34. The second-order valence-corrected chi connectivity index (χ2v) is 11.1. The number of hydrogen-bond donors (Lipinski definition) is 0. The summed E-state index contributed by atoms with van der Waals surface area (Å²) in [6.07, 6.45) is -2.69. The molecule has 0 unspecified atom stereocenters. The Morgan fingerprint density at radius 3 is 2.05 bits per heavy atom. The number of rotatable bonds is 4. The van der Waals surface area contributed by atoms with Gasteiger partial charge in [-0.2, -0.15) is 0 Å². The number of hydrogen-bond acceptors (Lipinski definition) is 2. The lowest BCUT2D eigenvalue weighted by Gasteiger charge is -2.19. The highest BCUT2D eigenvalue weighted by Crippen LogP contribution is 2.47. The molecule has 3 nitrogen and oxygen atoms in total. The Bertz CT molecular complexity index is 2700. The van der Waals surface area contributed by atoms with Crippen LogP contribution in [0.4, 0.5) is 0 Å². The fraction of sp³-hybridized carbons (Fsp3) is 0.0488. The molecule has 9 aromatic rings. The Labute approximate surface area is 261 Å². The van der Waals surface area contributed by atoms with E-state index in [9.17, 15) is 0 Å². The summed E-state index contributed by atoms with van der Waals surface area (Å²) in [5, 5.41) is 6.45. The largest absolute Gasteiger partial charge is 0.456 e. The Hall–Kier alpha value is -5.67. The molecule has 0 atom stereocenters. The monoisotopic (exact) mass is 569 g/mol. The van der Waals surface area contributed by atoms with Crippen LogP contribution in [-0.4, -0.2) is 9.55 Å². The number of nitrogens with zero attached hydrogens (tertiary/aromatic N) is 2. The Kier molecular flexibility index (Phi) is 4.46. The molecule has 44 heavy (non-hydrogen) atoms. The molecule has 7 aromatic carbocycles. The number of para-hydroxylation sites is 3. The number of aryl methyl sites for hydroxylation is 1. The molecule has 9 rings (SSSR count). The summed E-state index contributed by atoms with van der Waals surface area (Å²) in [6, 6.07) is 46.4. The van der Waals surface area contributed by atoms with Gasteiger partial charge in [-0.1, -0.05) is 110 Å². The van der Waals surface area contributed by atoms with E-state index in [1.807, 2.05) is 66.7 Å². The van der Waals surface area contributed by atoms with Gasteiger partial charge in [0.2, 0.25) is 0 Å². The fourth-order valence-electron chi connectivity index (χ4n) is 6.88. The number of imidazole rings is 1. The van der Waals surface area contributed by atoms with E-state index in [4.69, 9.17) is 11.3 Å². The van der Waals surface area contributed by atoms with Gasteiger partial charge in [-0.15, -0.1) is 0 Å². The van der Waals surface area contributed by atoms with Gasteiger partial charge in [0.05, 0.1) is 11.0 Å². The second kappa shape index (κ2) is 9.68. The van der Waals surface area contributed by atoms with Crippen molar-refractivity contribution in [3.05, 3.63) is 145 Å². The van der Waals surface area contributed by atoms with Crippen LogP contribution in [-0.2, 0) is 6.37 Å². The standard InChI is InChI=1S/C41H28N2O/c1-2-38-42-34-21-8-9-22-35(34)43(38)27-14-11-13-26(25-27)39-28-15-3-5-17-30(28)40(31-18-6-4-16-29(31)39)33-20-12-24-37-41(33)32-19-7-10-23-36(32)44-37/h3-25H,2H2,1H3/i1D3,2D2. The smallest absolute Gasteiger partial charge is 0.136 e. The molecule has 0 bridgehead atoms. The van der Waals surface area contributed by atoms with Crippen molar-refractivity contribution in [2.75, 3.05) is 0 Å². The van der Waals surface area contributed by atoms with Crippen molar-refractivity contribution < 1.29 is 11.3 Å². The SMILES string of the molecule is [2H]C([2H])([2H])C([2H])([2H])c1nc2ccccc2n1-c1cccc(-c2c3ccccc3c(-c3cccc4oc5ccccc5c34)c3ccccc23)c1. The van der Waals surface area contributed by atoms with Crippen LogP contribution in [0.2, 0.25) is 0 Å². The maximum absolute atomic E-state index is 8.69. The van der Waals surface area contributed by atoms with Crippen LogP contribution in [0.1, 0.15) is 19.5 Å². The van der Waals surface area contributed by atoms with Gasteiger partial charge in [-0.05, 0) is 80.2 Å². The minimum Gasteiger partial charge on any atom is -0.456 e. The molecule has 2 aromatic heterocycles.